The number of nitrogen functional groups attached to an aromatic ring is 1. The van der Waals surface area contributed by atoms with E-state index in [1.807, 2.05) is 5.43 Å². The van der Waals surface area contributed by atoms with Gasteiger partial charge in [0, 0.05) is 6.20 Å². The molecule has 7 heteroatoms. The first-order chi connectivity index (χ1) is 9.60. The second-order valence-corrected chi connectivity index (χ2v) is 4.73. The Hall–Kier alpha value is -1.99. The second kappa shape index (κ2) is 6.44. The number of ether oxygens (including phenoxy) is 1. The molecule has 0 bridgehead atoms. The van der Waals surface area contributed by atoms with Gasteiger partial charge in [-0.15, -0.1) is 0 Å². The Morgan fingerprint density at radius 2 is 2.20 bits per heavy atom. The van der Waals surface area contributed by atoms with Crippen LogP contribution in [0.25, 0.3) is 0 Å². The van der Waals surface area contributed by atoms with Crippen LogP contribution in [0, 0.1) is 5.82 Å². The topological polar surface area (TPSA) is 77.2 Å². The van der Waals surface area contributed by atoms with Gasteiger partial charge in [-0.2, -0.15) is 0 Å². The summed E-state index contributed by atoms with van der Waals surface area (Å²) in [6, 6.07) is 7.61. The summed E-state index contributed by atoms with van der Waals surface area (Å²) in [4.78, 5) is 15.3. The fraction of sp³-hybridized carbons (Fsp3) is 0.0769. The molecule has 1 aromatic heterocycles. The third-order valence-electron chi connectivity index (χ3n) is 2.50. The minimum atomic E-state index is -0.410. The molecule has 20 heavy (non-hydrogen) atoms. The van der Waals surface area contributed by atoms with E-state index in [4.69, 9.17) is 10.6 Å². The molecule has 1 amide bonds. The number of aromatic nitrogens is 1. The van der Waals surface area contributed by atoms with Gasteiger partial charge in [0.25, 0.3) is 5.91 Å². The maximum absolute atomic E-state index is 13.1. The zero-order valence-electron chi connectivity index (χ0n) is 10.3. The van der Waals surface area contributed by atoms with Gasteiger partial charge in [-0.25, -0.2) is 10.2 Å². The number of halogens is 2. The van der Waals surface area contributed by atoms with E-state index in [-0.39, 0.29) is 12.4 Å². The van der Waals surface area contributed by atoms with Crippen LogP contribution in [0.1, 0.15) is 16.1 Å². The predicted octanol–water partition coefficient (Wildman–Crippen LogP) is 2.17. The fourth-order valence-electron chi connectivity index (χ4n) is 1.45. The summed E-state index contributed by atoms with van der Waals surface area (Å²) >= 11 is 3.08. The zero-order valence-corrected chi connectivity index (χ0v) is 11.9. The van der Waals surface area contributed by atoms with Gasteiger partial charge in [-0.05, 0) is 46.3 Å². The number of benzene rings is 1. The van der Waals surface area contributed by atoms with E-state index in [0.717, 1.165) is 0 Å². The molecule has 5 nitrogen and oxygen atoms in total. The van der Waals surface area contributed by atoms with Crippen LogP contribution in [0.5, 0.6) is 5.75 Å². The van der Waals surface area contributed by atoms with Crippen LogP contribution in [0.2, 0.25) is 0 Å². The molecule has 0 aliphatic heterocycles. The molecule has 3 N–H and O–H groups in total. The van der Waals surface area contributed by atoms with Gasteiger partial charge in [0.2, 0.25) is 0 Å². The maximum Gasteiger partial charge on any atom is 0.266 e. The molecular weight excluding hydrogens is 329 g/mol. The summed E-state index contributed by atoms with van der Waals surface area (Å²) < 4.78 is 18.9. The summed E-state index contributed by atoms with van der Waals surface area (Å²) in [5.74, 6) is 4.77. The first kappa shape index (κ1) is 14.4. The Morgan fingerprint density at radius 1 is 1.40 bits per heavy atom. The van der Waals surface area contributed by atoms with Crippen LogP contribution >= 0.6 is 15.9 Å². The SMILES string of the molecule is NNC(=O)c1ccc(COc2ccc(F)c(Br)c2)nc1. The molecule has 1 aromatic carbocycles. The number of pyridine rings is 1. The van der Waals surface area contributed by atoms with E-state index >= 15 is 0 Å². The van der Waals surface area contributed by atoms with Gasteiger partial charge in [0.1, 0.15) is 18.2 Å². The van der Waals surface area contributed by atoms with Crippen LogP contribution in [-0.4, -0.2) is 10.9 Å². The number of nitrogens with two attached hydrogens (primary N) is 1. The van der Waals surface area contributed by atoms with E-state index < -0.39 is 5.91 Å². The summed E-state index contributed by atoms with van der Waals surface area (Å²) in [6.45, 7) is 0.211. The van der Waals surface area contributed by atoms with Crippen molar-refractivity contribution in [2.24, 2.45) is 5.84 Å². The molecule has 0 aliphatic rings. The molecule has 0 saturated heterocycles. The highest BCUT2D eigenvalue weighted by Crippen LogP contribution is 2.22. The van der Waals surface area contributed by atoms with Gasteiger partial charge < -0.3 is 4.74 Å². The van der Waals surface area contributed by atoms with Crippen molar-refractivity contribution in [2.75, 3.05) is 0 Å². The van der Waals surface area contributed by atoms with Gasteiger partial charge in [0.15, 0.2) is 0 Å². The average molecular weight is 340 g/mol. The Morgan fingerprint density at radius 3 is 2.80 bits per heavy atom. The molecule has 0 atom stereocenters. The van der Waals surface area contributed by atoms with Crippen molar-refractivity contribution < 1.29 is 13.9 Å². The van der Waals surface area contributed by atoms with Crippen LogP contribution in [0.4, 0.5) is 4.39 Å². The smallest absolute Gasteiger partial charge is 0.266 e. The van der Waals surface area contributed by atoms with Crippen molar-refractivity contribution in [2.45, 2.75) is 6.61 Å². The lowest BCUT2D eigenvalue weighted by Crippen LogP contribution is -2.30. The van der Waals surface area contributed by atoms with Gasteiger partial charge in [-0.1, -0.05) is 0 Å². The maximum atomic E-state index is 13.1. The molecule has 0 spiro atoms. The zero-order chi connectivity index (χ0) is 14.5. The predicted molar refractivity (Wildman–Crippen MR) is 74.3 cm³/mol. The molecule has 0 radical (unpaired) electrons. The number of amides is 1. The number of nitrogens with zero attached hydrogens (tertiary/aromatic N) is 1. The van der Waals surface area contributed by atoms with E-state index in [2.05, 4.69) is 20.9 Å². The Bertz CT molecular complexity index is 620. The van der Waals surface area contributed by atoms with Crippen LogP contribution in [-0.2, 0) is 6.61 Å². The summed E-state index contributed by atoms with van der Waals surface area (Å²) in [5.41, 5.74) is 3.02. The molecule has 0 fully saturated rings. The first-order valence-corrected chi connectivity index (χ1v) is 6.43. The lowest BCUT2D eigenvalue weighted by Gasteiger charge is -2.07. The van der Waals surface area contributed by atoms with Gasteiger partial charge >= 0.3 is 0 Å². The molecule has 2 rings (SSSR count). The largest absolute Gasteiger partial charge is 0.487 e. The van der Waals surface area contributed by atoms with E-state index in [1.54, 1.807) is 12.1 Å². The number of rotatable bonds is 4. The number of hydrogen-bond donors (Lipinski definition) is 2. The molecular formula is C13H11BrFN3O2. The average Bonchev–Trinajstić information content (AvgIpc) is 2.48. The third-order valence-corrected chi connectivity index (χ3v) is 3.10. The Labute approximate surface area is 123 Å². The number of hydrazine groups is 1. The molecule has 2 aromatic rings. The third kappa shape index (κ3) is 3.52. The number of carbonyl (C=O) groups excluding carboxylic acids is 1. The lowest BCUT2D eigenvalue weighted by molar-refractivity contribution is 0.0953. The quantitative estimate of drug-likeness (QED) is 0.508. The Kier molecular flexibility index (Phi) is 4.65. The van der Waals surface area contributed by atoms with Crippen molar-refractivity contribution in [3.63, 3.8) is 0 Å². The highest BCUT2D eigenvalue weighted by Gasteiger charge is 2.05. The van der Waals surface area contributed by atoms with Crippen LogP contribution in [0.3, 0.4) is 0 Å². The highest BCUT2D eigenvalue weighted by atomic mass is 79.9. The summed E-state index contributed by atoms with van der Waals surface area (Å²) in [5, 5.41) is 0. The summed E-state index contributed by atoms with van der Waals surface area (Å²) in [7, 11) is 0. The van der Waals surface area contributed by atoms with Crippen LogP contribution in [0.15, 0.2) is 41.0 Å². The standard InChI is InChI=1S/C13H11BrFN3O2/c14-11-5-10(3-4-12(11)15)20-7-9-2-1-8(6-17-9)13(19)18-16/h1-6H,7,16H2,(H,18,19). The molecule has 0 unspecified atom stereocenters. The molecule has 1 heterocycles. The summed E-state index contributed by atoms with van der Waals surface area (Å²) in [6.07, 6.45) is 1.40. The number of hydrogen-bond acceptors (Lipinski definition) is 4. The van der Waals surface area contributed by atoms with E-state index in [0.29, 0.717) is 21.5 Å². The normalized spacial score (nSPS) is 10.2. The van der Waals surface area contributed by atoms with Crippen molar-refractivity contribution >= 4 is 21.8 Å². The van der Waals surface area contributed by atoms with Crippen molar-refractivity contribution in [1.82, 2.24) is 10.4 Å². The van der Waals surface area contributed by atoms with Crippen molar-refractivity contribution in [3.05, 3.63) is 58.1 Å². The molecule has 0 saturated carbocycles. The highest BCUT2D eigenvalue weighted by molar-refractivity contribution is 9.10. The molecule has 104 valence electrons. The lowest BCUT2D eigenvalue weighted by atomic mass is 10.2. The number of carbonyl (C=O) groups is 1. The van der Waals surface area contributed by atoms with Crippen molar-refractivity contribution in [3.8, 4) is 5.75 Å². The monoisotopic (exact) mass is 339 g/mol. The first-order valence-electron chi connectivity index (χ1n) is 5.64. The second-order valence-electron chi connectivity index (χ2n) is 3.88. The van der Waals surface area contributed by atoms with E-state index in [1.165, 1.54) is 24.4 Å². The van der Waals surface area contributed by atoms with E-state index in [9.17, 15) is 9.18 Å². The van der Waals surface area contributed by atoms with Gasteiger partial charge in [0.05, 0.1) is 15.7 Å². The fourth-order valence-corrected chi connectivity index (χ4v) is 1.81. The van der Waals surface area contributed by atoms with Crippen molar-refractivity contribution in [1.29, 1.82) is 0 Å². The molecule has 0 aliphatic carbocycles. The number of nitrogens with one attached hydrogen (secondary N) is 1. The van der Waals surface area contributed by atoms with Gasteiger partial charge in [-0.3, -0.25) is 15.2 Å². The minimum Gasteiger partial charge on any atom is -0.487 e. The minimum absolute atomic E-state index is 0.211. The van der Waals surface area contributed by atoms with Crippen LogP contribution < -0.4 is 16.0 Å². The Balaban J connectivity index is 2.00.